The quantitative estimate of drug-likeness (QED) is 0.172. The average molecular weight is 690 g/mol. The molecule has 0 radical (unpaired) electrons. The molecule has 0 saturated carbocycles. The molecule has 13 heteroatoms. The first-order valence-corrected chi connectivity index (χ1v) is 17.4. The molecule has 2 atom stereocenters. The zero-order valence-corrected chi connectivity index (χ0v) is 28.5. The van der Waals surface area contributed by atoms with Gasteiger partial charge in [-0.15, -0.1) is 11.3 Å². The van der Waals surface area contributed by atoms with Crippen LogP contribution >= 0.6 is 11.3 Å². The maximum absolute atomic E-state index is 13.8. The van der Waals surface area contributed by atoms with E-state index in [1.165, 1.54) is 18.3 Å². The number of piperidine rings is 1. The number of pyridine rings is 1. The third-order valence-electron chi connectivity index (χ3n) is 9.30. The van der Waals surface area contributed by atoms with Gasteiger partial charge < -0.3 is 25.2 Å². The van der Waals surface area contributed by atoms with Crippen LogP contribution in [0.25, 0.3) is 10.2 Å². The lowest BCUT2D eigenvalue weighted by molar-refractivity contribution is -0.130. The Labute approximate surface area is 292 Å². The molecule has 3 aliphatic rings. The van der Waals surface area contributed by atoms with Crippen LogP contribution in [-0.2, 0) is 9.59 Å². The van der Waals surface area contributed by atoms with E-state index in [2.05, 4.69) is 15.6 Å². The summed E-state index contributed by atoms with van der Waals surface area (Å²) in [7, 11) is 0. The number of nitriles is 1. The number of nitrogens with one attached hydrogen (secondary N) is 2. The topological polar surface area (TPSA) is 148 Å². The molecule has 4 aromatic rings. The fraction of sp³-hybridized carbons (Fsp3) is 0.297. The van der Waals surface area contributed by atoms with Crippen molar-refractivity contribution < 1.29 is 23.9 Å². The predicted molar refractivity (Wildman–Crippen MR) is 190 cm³/mol. The number of urea groups is 1. The van der Waals surface area contributed by atoms with Crippen molar-refractivity contribution in [2.45, 2.75) is 51.6 Å². The lowest BCUT2D eigenvalue weighted by Crippen LogP contribution is -2.50. The van der Waals surface area contributed by atoms with Crippen molar-refractivity contribution in [2.75, 3.05) is 29.9 Å². The molecular formula is C37H35N7O5S. The summed E-state index contributed by atoms with van der Waals surface area (Å²) in [6.07, 6.45) is 6.04. The number of amides is 5. The lowest BCUT2D eigenvalue weighted by atomic mass is 10.0. The van der Waals surface area contributed by atoms with Crippen molar-refractivity contribution in [1.82, 2.24) is 20.1 Å². The number of ether oxygens (including phenoxy) is 1. The molecule has 12 nitrogen and oxygen atoms in total. The summed E-state index contributed by atoms with van der Waals surface area (Å²) in [6.45, 7) is 4.69. The van der Waals surface area contributed by atoms with E-state index >= 15 is 0 Å². The highest BCUT2D eigenvalue weighted by atomic mass is 32.1. The maximum atomic E-state index is 13.8. The van der Waals surface area contributed by atoms with Gasteiger partial charge in [0.05, 0.1) is 28.5 Å². The highest BCUT2D eigenvalue weighted by Gasteiger charge is 2.35. The fourth-order valence-corrected chi connectivity index (χ4v) is 7.98. The third-order valence-corrected chi connectivity index (χ3v) is 10.4. The summed E-state index contributed by atoms with van der Waals surface area (Å²) in [4.78, 5) is 63.2. The van der Waals surface area contributed by atoms with Gasteiger partial charge in [-0.2, -0.15) is 5.26 Å². The van der Waals surface area contributed by atoms with Gasteiger partial charge in [0.2, 0.25) is 5.91 Å². The zero-order chi connectivity index (χ0) is 34.9. The second kappa shape index (κ2) is 13.6. The molecule has 50 heavy (non-hydrogen) atoms. The monoisotopic (exact) mass is 689 g/mol. The molecule has 7 rings (SSSR count). The van der Waals surface area contributed by atoms with Crippen molar-refractivity contribution in [2.24, 2.45) is 0 Å². The van der Waals surface area contributed by atoms with Gasteiger partial charge in [0, 0.05) is 38.8 Å². The molecule has 0 unspecified atom stereocenters. The number of para-hydroxylation sites is 1. The molecule has 2 aromatic heterocycles. The Bertz CT molecular complexity index is 2090. The van der Waals surface area contributed by atoms with Gasteiger partial charge in [0.15, 0.2) is 0 Å². The Balaban J connectivity index is 1.09. The summed E-state index contributed by atoms with van der Waals surface area (Å²) in [5, 5.41) is 16.5. The van der Waals surface area contributed by atoms with Crippen LogP contribution in [0.15, 0.2) is 72.4 Å². The number of aryl methyl sites for hydroxylation is 1. The Morgan fingerprint density at radius 3 is 2.62 bits per heavy atom. The van der Waals surface area contributed by atoms with Gasteiger partial charge in [-0.1, -0.05) is 18.2 Å². The third kappa shape index (κ3) is 6.25. The van der Waals surface area contributed by atoms with Crippen LogP contribution in [0.1, 0.15) is 47.8 Å². The Morgan fingerprint density at radius 2 is 1.86 bits per heavy atom. The van der Waals surface area contributed by atoms with Gasteiger partial charge in [0.25, 0.3) is 11.8 Å². The standard InChI is InChI=1S/C37H35N7O5S/c1-22-18-28(49-27-10-4-3-5-11-27)12-13-29(22)44-30-14-15-39-35-31(30)32(41-37(44)48)33(50-35)34(46)40-25-8-6-16-42(21-25)36(47)24(20-38)19-26-9-7-17-43(26)23(2)45/h3-5,10-15,18-19,25-26H,6-9,16-17,21H2,1-2H3,(H,40,46)(H,41,48)/b24-19+/t25-,26-/m1/s1. The molecule has 2 fully saturated rings. The van der Waals surface area contributed by atoms with E-state index in [1.807, 2.05) is 61.5 Å². The summed E-state index contributed by atoms with van der Waals surface area (Å²) in [5.41, 5.74) is 2.50. The predicted octanol–water partition coefficient (Wildman–Crippen LogP) is 6.26. The molecule has 3 aliphatic heterocycles. The van der Waals surface area contributed by atoms with Crippen molar-refractivity contribution in [3.05, 3.63) is 82.9 Å². The number of anilines is 3. The second-order valence-corrected chi connectivity index (χ2v) is 13.6. The first-order chi connectivity index (χ1) is 24.2. The van der Waals surface area contributed by atoms with E-state index in [9.17, 15) is 24.4 Å². The zero-order valence-electron chi connectivity index (χ0n) is 27.6. The van der Waals surface area contributed by atoms with E-state index in [0.29, 0.717) is 76.0 Å². The SMILES string of the molecule is CC(=O)N1CCC[C@@H]1/C=C(\C#N)C(=O)N1CCC[C@@H](NC(=O)c2sc3nccc4c3c2NC(=O)N4c2ccc(Oc3ccccc3)cc2C)C1. The van der Waals surface area contributed by atoms with Gasteiger partial charge in [0.1, 0.15) is 32.8 Å². The van der Waals surface area contributed by atoms with Crippen LogP contribution in [0, 0.1) is 18.3 Å². The maximum Gasteiger partial charge on any atom is 0.331 e. The van der Waals surface area contributed by atoms with E-state index in [0.717, 1.165) is 12.0 Å². The molecular weight excluding hydrogens is 655 g/mol. The minimum Gasteiger partial charge on any atom is -0.457 e. The van der Waals surface area contributed by atoms with Crippen LogP contribution < -0.4 is 20.3 Å². The molecule has 0 aliphatic carbocycles. The highest BCUT2D eigenvalue weighted by molar-refractivity contribution is 7.21. The van der Waals surface area contributed by atoms with Gasteiger partial charge in [-0.05, 0) is 80.6 Å². The summed E-state index contributed by atoms with van der Waals surface area (Å²) < 4.78 is 5.99. The normalized spacial score (nSPS) is 18.9. The number of aromatic nitrogens is 1. The summed E-state index contributed by atoms with van der Waals surface area (Å²) >= 11 is 1.19. The molecule has 2 N–H and O–H groups in total. The highest BCUT2D eigenvalue weighted by Crippen LogP contribution is 2.46. The molecule has 2 aromatic carbocycles. The van der Waals surface area contributed by atoms with Crippen molar-refractivity contribution in [3.8, 4) is 17.6 Å². The number of carbonyl (C=O) groups is 4. The molecule has 0 bridgehead atoms. The van der Waals surface area contributed by atoms with E-state index in [-0.39, 0.29) is 36.0 Å². The Kier molecular flexibility index (Phi) is 8.95. The summed E-state index contributed by atoms with van der Waals surface area (Å²) in [5.74, 6) is 0.479. The smallest absolute Gasteiger partial charge is 0.331 e. The number of rotatable bonds is 7. The molecule has 2 saturated heterocycles. The first kappa shape index (κ1) is 32.8. The second-order valence-electron chi connectivity index (χ2n) is 12.6. The Hall–Kier alpha value is -5.74. The van der Waals surface area contributed by atoms with Gasteiger partial charge in [-0.3, -0.25) is 19.3 Å². The number of nitrogens with zero attached hydrogens (tertiary/aromatic N) is 5. The minimum absolute atomic E-state index is 0.00327. The van der Waals surface area contributed by atoms with Crippen LogP contribution in [0.2, 0.25) is 0 Å². The van der Waals surface area contributed by atoms with Crippen molar-refractivity contribution in [3.63, 3.8) is 0 Å². The molecule has 5 amide bonds. The average Bonchev–Trinajstić information content (AvgIpc) is 3.74. The number of thiophene rings is 1. The number of carbonyl (C=O) groups excluding carboxylic acids is 4. The van der Waals surface area contributed by atoms with E-state index in [1.54, 1.807) is 33.0 Å². The van der Waals surface area contributed by atoms with Gasteiger partial charge >= 0.3 is 6.03 Å². The molecule has 0 spiro atoms. The molecule has 254 valence electrons. The van der Waals surface area contributed by atoms with E-state index < -0.39 is 11.9 Å². The van der Waals surface area contributed by atoms with Crippen LogP contribution in [0.4, 0.5) is 21.9 Å². The van der Waals surface area contributed by atoms with Crippen LogP contribution in [0.5, 0.6) is 11.5 Å². The fourth-order valence-electron chi connectivity index (χ4n) is 6.96. The number of benzene rings is 2. The number of likely N-dealkylation sites (tertiary alicyclic amines) is 2. The van der Waals surface area contributed by atoms with E-state index in [4.69, 9.17) is 4.74 Å². The molecule has 5 heterocycles. The number of hydrogen-bond acceptors (Lipinski definition) is 8. The van der Waals surface area contributed by atoms with Gasteiger partial charge in [-0.25, -0.2) is 9.78 Å². The lowest BCUT2D eigenvalue weighted by Gasteiger charge is -2.33. The summed E-state index contributed by atoms with van der Waals surface area (Å²) in [6, 6.07) is 17.7. The van der Waals surface area contributed by atoms with Crippen LogP contribution in [0.3, 0.4) is 0 Å². The van der Waals surface area contributed by atoms with Crippen molar-refractivity contribution in [1.29, 1.82) is 5.26 Å². The largest absolute Gasteiger partial charge is 0.457 e. The Morgan fingerprint density at radius 1 is 1.06 bits per heavy atom. The number of hydrogen-bond donors (Lipinski definition) is 2. The van der Waals surface area contributed by atoms with Crippen molar-refractivity contribution >= 4 is 62.4 Å². The minimum atomic E-state index is -0.409. The van der Waals surface area contributed by atoms with Crippen LogP contribution in [-0.4, -0.2) is 70.3 Å². The first-order valence-electron chi connectivity index (χ1n) is 16.6.